The Morgan fingerprint density at radius 1 is 1.00 bits per heavy atom. The van der Waals surface area contributed by atoms with Crippen molar-refractivity contribution in [3.63, 3.8) is 0 Å². The Bertz CT molecular complexity index is 134. The molecule has 0 bridgehead atoms. The number of hydrogen-bond acceptors (Lipinski definition) is 4. The quantitative estimate of drug-likeness (QED) is 0.335. The summed E-state index contributed by atoms with van der Waals surface area (Å²) in [6.45, 7) is 0. The first-order valence-corrected chi connectivity index (χ1v) is 2.91. The third-order valence-corrected chi connectivity index (χ3v) is 1.17. The van der Waals surface area contributed by atoms with Gasteiger partial charge < -0.3 is 0 Å². The molecule has 0 unspecified atom stereocenters. The molecule has 0 aromatic carbocycles. The maximum atomic E-state index is 8.13. The van der Waals surface area contributed by atoms with Gasteiger partial charge in [0.15, 0.2) is 5.92 Å². The summed E-state index contributed by atoms with van der Waals surface area (Å²) < 4.78 is -0.454. The summed E-state index contributed by atoms with van der Waals surface area (Å²) >= 11 is 7.54. The number of rotatable bonds is 1. The van der Waals surface area contributed by atoms with Crippen LogP contribution in [-0.2, 0) is 0 Å². The topological polar surface area (TPSA) is 47.6 Å². The summed E-state index contributed by atoms with van der Waals surface area (Å²) in [5, 5.41) is 16.3. The molecule has 0 aromatic heterocycles. The van der Waals surface area contributed by atoms with Crippen molar-refractivity contribution in [3.8, 4) is 12.1 Å². The van der Waals surface area contributed by atoms with Crippen molar-refractivity contribution in [3.05, 3.63) is 0 Å². The first-order valence-electron chi connectivity index (χ1n) is 1.87. The van der Waals surface area contributed by atoms with Crippen molar-refractivity contribution < 1.29 is 0 Å². The summed E-state index contributed by atoms with van der Waals surface area (Å²) in [7, 11) is 0. The van der Waals surface area contributed by atoms with Gasteiger partial charge in [-0.2, -0.15) is 35.8 Å². The maximum absolute atomic E-state index is 8.13. The number of hydrogen-bond donors (Lipinski definition) is 2. The van der Waals surface area contributed by atoms with Crippen LogP contribution in [0.3, 0.4) is 0 Å². The zero-order valence-electron chi connectivity index (χ0n) is 3.94. The second-order valence-electron chi connectivity index (χ2n) is 1.15. The van der Waals surface area contributed by atoms with Gasteiger partial charge in [0.2, 0.25) is 0 Å². The van der Waals surface area contributed by atoms with Crippen molar-refractivity contribution in [1.82, 2.24) is 0 Å². The Hall–Kier alpha value is 1.68. The molecule has 0 aliphatic rings. The monoisotopic (exact) mass is 192 g/mol. The van der Waals surface area contributed by atoms with E-state index in [-0.39, 0.29) is 59.1 Å². The first-order chi connectivity index (χ1) is 3.72. The molecule has 0 aliphatic heterocycles. The average Bonchev–Trinajstić information content (AvgIpc) is 1.69. The SMILES string of the molecule is N#CC(C#N)C(S)S.[NaH].[NaH]. The standard InChI is InChI=1S/C4H4N2S2.2Na.2H/c5-1-3(2-6)4(7)8;;;;/h3-4,7-8H;;;;. The summed E-state index contributed by atoms with van der Waals surface area (Å²) in [6.07, 6.45) is 0. The third kappa shape index (κ3) is 7.78. The van der Waals surface area contributed by atoms with Crippen LogP contribution in [0.4, 0.5) is 0 Å². The molecule has 0 heterocycles. The molecule has 0 rings (SSSR count). The fourth-order valence-electron chi connectivity index (χ4n) is 0.162. The molecule has 0 fully saturated rings. The third-order valence-electron chi connectivity index (χ3n) is 0.576. The molecule has 0 saturated carbocycles. The van der Waals surface area contributed by atoms with E-state index in [0.717, 1.165) is 0 Å². The molecule has 0 saturated heterocycles. The van der Waals surface area contributed by atoms with Crippen LogP contribution in [0.25, 0.3) is 0 Å². The van der Waals surface area contributed by atoms with Crippen LogP contribution >= 0.6 is 25.3 Å². The van der Waals surface area contributed by atoms with Gasteiger partial charge in [-0.05, 0) is 0 Å². The van der Waals surface area contributed by atoms with Crippen LogP contribution in [0.1, 0.15) is 0 Å². The molecule has 10 heavy (non-hydrogen) atoms. The Balaban J connectivity index is -0.000000245. The minimum atomic E-state index is -0.707. The fourth-order valence-corrected chi connectivity index (χ4v) is 0.429. The minimum absolute atomic E-state index is 0. The summed E-state index contributed by atoms with van der Waals surface area (Å²) in [4.78, 5) is 0. The summed E-state index contributed by atoms with van der Waals surface area (Å²) in [5.41, 5.74) is 0. The van der Waals surface area contributed by atoms with Crippen molar-refractivity contribution >= 4 is 84.4 Å². The second kappa shape index (κ2) is 10.7. The molecule has 0 amide bonds. The first kappa shape index (κ1) is 17.7. The molecule has 0 spiro atoms. The zero-order chi connectivity index (χ0) is 6.57. The van der Waals surface area contributed by atoms with Gasteiger partial charge in [-0.3, -0.25) is 0 Å². The molecular weight excluding hydrogens is 186 g/mol. The predicted octanol–water partition coefficient (Wildman–Crippen LogP) is -0.462. The van der Waals surface area contributed by atoms with Crippen LogP contribution in [0, 0.1) is 28.6 Å². The van der Waals surface area contributed by atoms with Crippen molar-refractivity contribution in [2.24, 2.45) is 5.92 Å². The average molecular weight is 192 g/mol. The fraction of sp³-hybridized carbons (Fsp3) is 0.500. The van der Waals surface area contributed by atoms with E-state index < -0.39 is 10.5 Å². The van der Waals surface area contributed by atoms with Crippen LogP contribution in [0.5, 0.6) is 0 Å². The molecule has 0 aliphatic carbocycles. The summed E-state index contributed by atoms with van der Waals surface area (Å²) in [6, 6.07) is 3.47. The zero-order valence-corrected chi connectivity index (χ0v) is 5.73. The number of thiol groups is 2. The number of nitriles is 2. The molecule has 0 N–H and O–H groups in total. The van der Waals surface area contributed by atoms with Crippen molar-refractivity contribution in [1.29, 1.82) is 10.5 Å². The van der Waals surface area contributed by atoms with Crippen LogP contribution in [-0.4, -0.2) is 63.7 Å². The second-order valence-corrected chi connectivity index (χ2v) is 2.67. The van der Waals surface area contributed by atoms with Crippen molar-refractivity contribution in [2.75, 3.05) is 0 Å². The van der Waals surface area contributed by atoms with Crippen LogP contribution < -0.4 is 0 Å². The molecule has 46 valence electrons. The molecule has 0 aromatic rings. The van der Waals surface area contributed by atoms with Gasteiger partial charge >= 0.3 is 59.1 Å². The van der Waals surface area contributed by atoms with Crippen LogP contribution in [0.2, 0.25) is 0 Å². The Labute approximate surface area is 116 Å². The molecule has 2 nitrogen and oxygen atoms in total. The molecular formula is C4H6N2Na2S2. The molecule has 0 radical (unpaired) electrons. The Morgan fingerprint density at radius 3 is 1.30 bits per heavy atom. The van der Waals surface area contributed by atoms with E-state index in [4.69, 9.17) is 10.5 Å². The van der Waals surface area contributed by atoms with Gasteiger partial charge in [0.1, 0.15) is 0 Å². The number of nitrogens with zero attached hydrogens (tertiary/aromatic N) is 2. The van der Waals surface area contributed by atoms with E-state index in [1.54, 1.807) is 12.1 Å². The van der Waals surface area contributed by atoms with E-state index >= 15 is 0 Å². The van der Waals surface area contributed by atoms with Gasteiger partial charge in [-0.15, -0.1) is 0 Å². The summed E-state index contributed by atoms with van der Waals surface area (Å²) in [5.74, 6) is -0.707. The predicted molar refractivity (Wildman–Crippen MR) is 50.8 cm³/mol. The van der Waals surface area contributed by atoms with E-state index in [0.29, 0.717) is 0 Å². The van der Waals surface area contributed by atoms with Crippen LogP contribution in [0.15, 0.2) is 0 Å². The van der Waals surface area contributed by atoms with Gasteiger partial charge in [-0.1, -0.05) is 0 Å². The molecule has 0 atom stereocenters. The van der Waals surface area contributed by atoms with E-state index in [9.17, 15) is 0 Å². The van der Waals surface area contributed by atoms with Crippen molar-refractivity contribution in [2.45, 2.75) is 4.58 Å². The molecule has 6 heteroatoms. The van der Waals surface area contributed by atoms with Gasteiger partial charge in [0.25, 0.3) is 0 Å². The van der Waals surface area contributed by atoms with Gasteiger partial charge in [0.05, 0.1) is 16.7 Å². The Kier molecular flexibility index (Phi) is 18.9. The van der Waals surface area contributed by atoms with Gasteiger partial charge in [0, 0.05) is 0 Å². The van der Waals surface area contributed by atoms with Gasteiger partial charge in [-0.25, -0.2) is 0 Å². The van der Waals surface area contributed by atoms with E-state index in [1.807, 2.05) is 0 Å². The Morgan fingerprint density at radius 2 is 1.30 bits per heavy atom. The normalized spacial score (nSPS) is 7.00. The van der Waals surface area contributed by atoms with E-state index in [2.05, 4.69) is 25.3 Å². The van der Waals surface area contributed by atoms with E-state index in [1.165, 1.54) is 0 Å².